The van der Waals surface area contributed by atoms with E-state index in [4.69, 9.17) is 0 Å². The molecule has 3 N–H and O–H groups in total. The lowest BCUT2D eigenvalue weighted by Crippen LogP contribution is -2.51. The van der Waals surface area contributed by atoms with Crippen molar-refractivity contribution in [3.05, 3.63) is 40.9 Å². The molecule has 0 aliphatic carbocycles. The maximum atomic E-state index is 13.7. The van der Waals surface area contributed by atoms with Gasteiger partial charge in [0, 0.05) is 23.6 Å². The average molecular weight is 338 g/mol. The molecule has 3 rings (SSSR count). The van der Waals surface area contributed by atoms with Crippen LogP contribution in [0.4, 0.5) is 21.7 Å². The Balaban J connectivity index is 1.76. The molecule has 2 heterocycles. The number of aromatic nitrogens is 2. The van der Waals surface area contributed by atoms with Crippen molar-refractivity contribution in [3.8, 4) is 0 Å². The highest BCUT2D eigenvalue weighted by atomic mass is 79.9. The van der Waals surface area contributed by atoms with Gasteiger partial charge in [-0.3, -0.25) is 0 Å². The number of anilines is 3. The predicted molar refractivity (Wildman–Crippen MR) is 79.7 cm³/mol. The van der Waals surface area contributed by atoms with Crippen molar-refractivity contribution < 1.29 is 4.39 Å². The Morgan fingerprint density at radius 3 is 2.75 bits per heavy atom. The fourth-order valence-electron chi connectivity index (χ4n) is 1.84. The molecule has 1 aromatic heterocycles. The van der Waals surface area contributed by atoms with Crippen molar-refractivity contribution in [1.82, 2.24) is 15.3 Å². The first-order valence-corrected chi connectivity index (χ1v) is 7.01. The van der Waals surface area contributed by atoms with Crippen LogP contribution in [0.25, 0.3) is 0 Å². The summed E-state index contributed by atoms with van der Waals surface area (Å²) in [5.41, 5.74) is 0.370. The minimum atomic E-state index is -0.329. The Bertz CT molecular complexity index is 617. The lowest BCUT2D eigenvalue weighted by Gasteiger charge is -2.28. The van der Waals surface area contributed by atoms with Crippen molar-refractivity contribution in [2.45, 2.75) is 6.04 Å². The van der Waals surface area contributed by atoms with Crippen LogP contribution in [0.15, 0.2) is 35.1 Å². The minimum Gasteiger partial charge on any atom is -0.365 e. The molecule has 1 aliphatic rings. The highest BCUT2D eigenvalue weighted by Crippen LogP contribution is 2.23. The summed E-state index contributed by atoms with van der Waals surface area (Å²) in [5, 5.41) is 9.40. The lowest BCUT2D eigenvalue weighted by molar-refractivity contribution is 0.471. The van der Waals surface area contributed by atoms with Gasteiger partial charge in [0.2, 0.25) is 0 Å². The summed E-state index contributed by atoms with van der Waals surface area (Å²) in [6.45, 7) is 1.85. The van der Waals surface area contributed by atoms with Crippen LogP contribution in [0.2, 0.25) is 0 Å². The van der Waals surface area contributed by atoms with Crippen LogP contribution in [0.5, 0.6) is 0 Å². The van der Waals surface area contributed by atoms with Gasteiger partial charge < -0.3 is 16.0 Å². The molecule has 0 atom stereocenters. The Morgan fingerprint density at radius 1 is 1.20 bits per heavy atom. The van der Waals surface area contributed by atoms with Gasteiger partial charge in [0.05, 0.1) is 11.7 Å². The van der Waals surface area contributed by atoms with E-state index in [0.29, 0.717) is 17.5 Å². The topological polar surface area (TPSA) is 61.9 Å². The molecule has 0 unspecified atom stereocenters. The van der Waals surface area contributed by atoms with Crippen molar-refractivity contribution in [2.24, 2.45) is 0 Å². The van der Waals surface area contributed by atoms with Gasteiger partial charge in [0.1, 0.15) is 23.8 Å². The van der Waals surface area contributed by atoms with E-state index in [1.54, 1.807) is 18.2 Å². The standard InChI is InChI=1S/C13H13BrFN5/c14-8-1-2-10(15)11(3-8)20-13-4-12(17-7-18-13)19-9-5-16-6-9/h1-4,7,9,16H,5-6H2,(H2,17,18,19,20). The van der Waals surface area contributed by atoms with Crippen molar-refractivity contribution >= 4 is 33.3 Å². The quantitative estimate of drug-likeness (QED) is 0.800. The second-order valence-corrected chi connectivity index (χ2v) is 5.45. The zero-order chi connectivity index (χ0) is 13.9. The van der Waals surface area contributed by atoms with Gasteiger partial charge in [-0.25, -0.2) is 14.4 Å². The third-order valence-corrected chi connectivity index (χ3v) is 3.48. The zero-order valence-electron chi connectivity index (χ0n) is 10.5. The maximum absolute atomic E-state index is 13.7. The molecule has 1 aromatic carbocycles. The van der Waals surface area contributed by atoms with Crippen LogP contribution in [-0.4, -0.2) is 29.1 Å². The summed E-state index contributed by atoms with van der Waals surface area (Å²) >= 11 is 3.32. The number of rotatable bonds is 4. The number of nitrogens with zero attached hydrogens (tertiary/aromatic N) is 2. The summed E-state index contributed by atoms with van der Waals surface area (Å²) in [7, 11) is 0. The van der Waals surface area contributed by atoms with Crippen molar-refractivity contribution in [3.63, 3.8) is 0 Å². The SMILES string of the molecule is Fc1ccc(Br)cc1Nc1cc(NC2CNC2)ncn1. The van der Waals surface area contributed by atoms with E-state index in [2.05, 4.69) is 41.8 Å². The molecule has 2 aromatic rings. The van der Waals surface area contributed by atoms with E-state index in [-0.39, 0.29) is 5.82 Å². The van der Waals surface area contributed by atoms with Gasteiger partial charge in [-0.1, -0.05) is 15.9 Å². The summed E-state index contributed by atoms with van der Waals surface area (Å²) < 4.78 is 14.5. The van der Waals surface area contributed by atoms with Gasteiger partial charge in [0.15, 0.2) is 0 Å². The normalized spacial score (nSPS) is 14.7. The fraction of sp³-hybridized carbons (Fsp3) is 0.231. The monoisotopic (exact) mass is 337 g/mol. The zero-order valence-corrected chi connectivity index (χ0v) is 12.1. The Labute approximate surface area is 124 Å². The summed E-state index contributed by atoms with van der Waals surface area (Å²) in [5.74, 6) is 0.945. The molecule has 0 radical (unpaired) electrons. The second-order valence-electron chi connectivity index (χ2n) is 4.54. The van der Waals surface area contributed by atoms with Crippen LogP contribution in [0.3, 0.4) is 0 Å². The molecule has 1 aliphatic heterocycles. The van der Waals surface area contributed by atoms with Crippen molar-refractivity contribution in [1.29, 1.82) is 0 Å². The van der Waals surface area contributed by atoms with Crippen LogP contribution >= 0.6 is 15.9 Å². The summed E-state index contributed by atoms with van der Waals surface area (Å²) in [4.78, 5) is 8.25. The predicted octanol–water partition coefficient (Wildman–Crippen LogP) is 2.51. The largest absolute Gasteiger partial charge is 0.365 e. The molecular weight excluding hydrogens is 325 g/mol. The van der Waals surface area contributed by atoms with E-state index < -0.39 is 0 Å². The molecule has 0 spiro atoms. The molecule has 0 amide bonds. The molecule has 20 heavy (non-hydrogen) atoms. The molecule has 5 nitrogen and oxygen atoms in total. The van der Waals surface area contributed by atoms with E-state index in [9.17, 15) is 4.39 Å². The first kappa shape index (κ1) is 13.3. The van der Waals surface area contributed by atoms with Crippen LogP contribution < -0.4 is 16.0 Å². The lowest BCUT2D eigenvalue weighted by atomic mass is 10.2. The number of hydrogen-bond acceptors (Lipinski definition) is 5. The van der Waals surface area contributed by atoms with Gasteiger partial charge in [-0.05, 0) is 18.2 Å². The van der Waals surface area contributed by atoms with Gasteiger partial charge in [-0.15, -0.1) is 0 Å². The molecular formula is C13H13BrFN5. The second kappa shape index (κ2) is 5.72. The summed E-state index contributed by atoms with van der Waals surface area (Å²) in [6, 6.07) is 6.86. The van der Waals surface area contributed by atoms with Crippen LogP contribution in [-0.2, 0) is 0 Å². The Kier molecular flexibility index (Phi) is 3.79. The number of benzene rings is 1. The maximum Gasteiger partial charge on any atom is 0.146 e. The van der Waals surface area contributed by atoms with E-state index in [0.717, 1.165) is 23.4 Å². The Hall–Kier alpha value is -1.73. The van der Waals surface area contributed by atoms with E-state index >= 15 is 0 Å². The number of hydrogen-bond donors (Lipinski definition) is 3. The molecule has 0 bridgehead atoms. The minimum absolute atomic E-state index is 0.329. The third kappa shape index (κ3) is 3.05. The molecule has 0 saturated carbocycles. The van der Waals surface area contributed by atoms with Gasteiger partial charge in [-0.2, -0.15) is 0 Å². The van der Waals surface area contributed by atoms with Crippen LogP contribution in [0, 0.1) is 5.82 Å². The van der Waals surface area contributed by atoms with E-state index in [1.807, 2.05) is 0 Å². The third-order valence-electron chi connectivity index (χ3n) is 2.99. The number of halogens is 2. The Morgan fingerprint density at radius 2 is 2.00 bits per heavy atom. The average Bonchev–Trinajstić information content (AvgIpc) is 2.39. The molecule has 1 saturated heterocycles. The highest BCUT2D eigenvalue weighted by molar-refractivity contribution is 9.10. The molecule has 104 valence electrons. The van der Waals surface area contributed by atoms with Crippen molar-refractivity contribution in [2.75, 3.05) is 23.7 Å². The van der Waals surface area contributed by atoms with E-state index in [1.165, 1.54) is 12.4 Å². The number of nitrogens with one attached hydrogen (secondary N) is 3. The molecule has 1 fully saturated rings. The first-order valence-electron chi connectivity index (χ1n) is 6.22. The first-order chi connectivity index (χ1) is 9.70. The van der Waals surface area contributed by atoms with Gasteiger partial charge >= 0.3 is 0 Å². The molecule has 7 heteroatoms. The highest BCUT2D eigenvalue weighted by Gasteiger charge is 2.16. The summed E-state index contributed by atoms with van der Waals surface area (Å²) in [6.07, 6.45) is 1.45. The van der Waals surface area contributed by atoms with Gasteiger partial charge in [0.25, 0.3) is 0 Å². The fourth-order valence-corrected chi connectivity index (χ4v) is 2.20. The van der Waals surface area contributed by atoms with Crippen LogP contribution in [0.1, 0.15) is 0 Å². The smallest absolute Gasteiger partial charge is 0.146 e.